The highest BCUT2D eigenvalue weighted by atomic mass is 19.1. The molecule has 0 unspecified atom stereocenters. The Bertz CT molecular complexity index is 740. The van der Waals surface area contributed by atoms with E-state index in [1.807, 2.05) is 0 Å². The number of halogens is 2. The monoisotopic (exact) mass is 347 g/mol. The molecule has 1 amide bonds. The second-order valence-corrected chi connectivity index (χ2v) is 5.99. The van der Waals surface area contributed by atoms with Gasteiger partial charge in [0.15, 0.2) is 5.78 Å². The van der Waals surface area contributed by atoms with Gasteiger partial charge in [-0.25, -0.2) is 8.78 Å². The normalized spacial score (nSPS) is 13.1. The maximum absolute atomic E-state index is 12.9. The number of nitrogens with one attached hydrogen (secondary N) is 1. The second-order valence-electron chi connectivity index (χ2n) is 5.99. The van der Waals surface area contributed by atoms with Crippen LogP contribution in [0, 0.1) is 11.6 Å². The summed E-state index contributed by atoms with van der Waals surface area (Å²) in [5.41, 5.74) is -0.547. The summed E-state index contributed by atoms with van der Waals surface area (Å²) >= 11 is 0. The molecular weight excluding hydrogens is 328 g/mol. The molecule has 0 aliphatic carbocycles. The van der Waals surface area contributed by atoms with Gasteiger partial charge < -0.3 is 10.4 Å². The largest absolute Gasteiger partial charge is 0.384 e. The maximum Gasteiger partial charge on any atom is 0.220 e. The topological polar surface area (TPSA) is 66.4 Å². The van der Waals surface area contributed by atoms with Gasteiger partial charge in [0.05, 0.1) is 6.54 Å². The van der Waals surface area contributed by atoms with Crippen LogP contribution in [0.5, 0.6) is 0 Å². The Balaban J connectivity index is 1.82. The van der Waals surface area contributed by atoms with Crippen LogP contribution < -0.4 is 5.32 Å². The molecule has 0 heterocycles. The van der Waals surface area contributed by atoms with Crippen molar-refractivity contribution < 1.29 is 23.5 Å². The van der Waals surface area contributed by atoms with E-state index in [2.05, 4.69) is 5.32 Å². The zero-order chi connectivity index (χ0) is 18.4. The molecule has 0 aliphatic rings. The van der Waals surface area contributed by atoms with Crippen molar-refractivity contribution >= 4 is 11.7 Å². The lowest BCUT2D eigenvalue weighted by Gasteiger charge is -2.24. The number of aliphatic hydroxyl groups is 1. The van der Waals surface area contributed by atoms with Gasteiger partial charge in [0.1, 0.15) is 17.2 Å². The third-order valence-electron chi connectivity index (χ3n) is 3.84. The molecule has 0 radical (unpaired) electrons. The minimum atomic E-state index is -1.36. The van der Waals surface area contributed by atoms with Crippen LogP contribution in [0.25, 0.3) is 0 Å². The number of carbonyl (C=O) groups excluding carboxylic acids is 2. The molecule has 2 rings (SSSR count). The van der Waals surface area contributed by atoms with Gasteiger partial charge in [0.25, 0.3) is 0 Å². The molecule has 2 N–H and O–H groups in total. The van der Waals surface area contributed by atoms with Crippen molar-refractivity contribution in [3.63, 3.8) is 0 Å². The lowest BCUT2D eigenvalue weighted by molar-refractivity contribution is -0.122. The fraction of sp³-hybridized carbons (Fsp3) is 0.263. The molecule has 0 saturated carbocycles. The van der Waals surface area contributed by atoms with Crippen molar-refractivity contribution in [1.29, 1.82) is 0 Å². The molecule has 132 valence electrons. The summed E-state index contributed by atoms with van der Waals surface area (Å²) in [5, 5.41) is 12.9. The van der Waals surface area contributed by atoms with Crippen LogP contribution in [-0.4, -0.2) is 23.3 Å². The van der Waals surface area contributed by atoms with Crippen molar-refractivity contribution in [2.75, 3.05) is 6.54 Å². The summed E-state index contributed by atoms with van der Waals surface area (Å²) in [6.45, 7) is 1.44. The van der Waals surface area contributed by atoms with E-state index in [1.54, 1.807) is 0 Å². The van der Waals surface area contributed by atoms with Crippen molar-refractivity contribution in [1.82, 2.24) is 5.32 Å². The van der Waals surface area contributed by atoms with Gasteiger partial charge in [-0.2, -0.15) is 0 Å². The van der Waals surface area contributed by atoms with Crippen LogP contribution in [0.4, 0.5) is 8.78 Å². The Morgan fingerprint density at radius 2 is 1.48 bits per heavy atom. The molecule has 2 aromatic rings. The molecule has 1 atom stereocenters. The minimum absolute atomic E-state index is 0.0177. The summed E-state index contributed by atoms with van der Waals surface area (Å²) in [7, 11) is 0. The van der Waals surface area contributed by atoms with Gasteiger partial charge >= 0.3 is 0 Å². The molecule has 4 nitrogen and oxygen atoms in total. The first-order valence-corrected chi connectivity index (χ1v) is 7.82. The zero-order valence-corrected chi connectivity index (χ0v) is 13.8. The van der Waals surface area contributed by atoms with Crippen LogP contribution in [0.15, 0.2) is 48.5 Å². The Morgan fingerprint density at radius 3 is 2.04 bits per heavy atom. The van der Waals surface area contributed by atoms with Gasteiger partial charge in [-0.15, -0.1) is 0 Å². The van der Waals surface area contributed by atoms with Gasteiger partial charge in [-0.1, -0.05) is 12.1 Å². The van der Waals surface area contributed by atoms with E-state index in [9.17, 15) is 23.5 Å². The highest BCUT2D eigenvalue weighted by Crippen LogP contribution is 2.20. The summed E-state index contributed by atoms with van der Waals surface area (Å²) in [6.07, 6.45) is -0.0636. The van der Waals surface area contributed by atoms with Gasteiger partial charge in [-0.3, -0.25) is 9.59 Å². The molecule has 0 saturated heterocycles. The SMILES string of the molecule is C[C@@](O)(CNC(=O)CCC(=O)c1ccc(F)cc1)c1ccc(F)cc1. The summed E-state index contributed by atoms with van der Waals surface area (Å²) in [5.74, 6) is -1.50. The van der Waals surface area contributed by atoms with Crippen molar-refractivity contribution in [3.8, 4) is 0 Å². The summed E-state index contributed by atoms with van der Waals surface area (Å²) in [6, 6.07) is 10.5. The number of hydrogen-bond donors (Lipinski definition) is 2. The Hall–Kier alpha value is -2.60. The average molecular weight is 347 g/mol. The van der Waals surface area contributed by atoms with E-state index in [0.717, 1.165) is 0 Å². The van der Waals surface area contributed by atoms with E-state index in [0.29, 0.717) is 11.1 Å². The van der Waals surface area contributed by atoms with Crippen molar-refractivity contribution in [3.05, 3.63) is 71.3 Å². The standard InChI is InChI=1S/C19H19F2NO3/c1-19(25,14-4-8-16(21)9-5-14)12-22-18(24)11-10-17(23)13-2-6-15(20)7-3-13/h2-9,25H,10-12H2,1H3,(H,22,24)/t19-/m1/s1. The van der Waals surface area contributed by atoms with Crippen LogP contribution in [0.1, 0.15) is 35.7 Å². The summed E-state index contributed by atoms with van der Waals surface area (Å²) in [4.78, 5) is 23.8. The molecule has 0 bridgehead atoms. The van der Waals surface area contributed by atoms with Gasteiger partial charge in [-0.05, 0) is 48.9 Å². The highest BCUT2D eigenvalue weighted by molar-refractivity contribution is 5.97. The van der Waals surface area contributed by atoms with Crippen LogP contribution in [0.2, 0.25) is 0 Å². The predicted octanol–water partition coefficient (Wildman–Crippen LogP) is 2.95. The van der Waals surface area contributed by atoms with Crippen molar-refractivity contribution in [2.24, 2.45) is 0 Å². The van der Waals surface area contributed by atoms with E-state index in [4.69, 9.17) is 0 Å². The van der Waals surface area contributed by atoms with Gasteiger partial charge in [0, 0.05) is 18.4 Å². The number of amides is 1. The van der Waals surface area contributed by atoms with E-state index in [1.165, 1.54) is 55.5 Å². The van der Waals surface area contributed by atoms with Crippen LogP contribution >= 0.6 is 0 Å². The smallest absolute Gasteiger partial charge is 0.220 e. The molecule has 0 spiro atoms. The summed E-state index contributed by atoms with van der Waals surface area (Å²) < 4.78 is 25.7. The highest BCUT2D eigenvalue weighted by Gasteiger charge is 2.24. The van der Waals surface area contributed by atoms with Crippen LogP contribution in [-0.2, 0) is 10.4 Å². The number of ketones is 1. The second kappa shape index (κ2) is 7.98. The number of benzene rings is 2. The number of Topliss-reactive ketones (excluding diaryl/α,β-unsaturated/α-hetero) is 1. The third-order valence-corrected chi connectivity index (χ3v) is 3.84. The van der Waals surface area contributed by atoms with Gasteiger partial charge in [0.2, 0.25) is 5.91 Å². The number of hydrogen-bond acceptors (Lipinski definition) is 3. The maximum atomic E-state index is 12.9. The Labute approximate surface area is 144 Å². The number of carbonyl (C=O) groups is 2. The van der Waals surface area contributed by atoms with E-state index < -0.39 is 23.1 Å². The fourth-order valence-corrected chi connectivity index (χ4v) is 2.28. The molecular formula is C19H19F2NO3. The molecule has 6 heteroatoms. The molecule has 0 aromatic heterocycles. The third kappa shape index (κ3) is 5.46. The molecule has 2 aromatic carbocycles. The minimum Gasteiger partial charge on any atom is -0.384 e. The fourth-order valence-electron chi connectivity index (χ4n) is 2.28. The Kier molecular flexibility index (Phi) is 5.98. The lowest BCUT2D eigenvalue weighted by Crippen LogP contribution is -2.38. The predicted molar refractivity (Wildman–Crippen MR) is 88.9 cm³/mol. The number of rotatable bonds is 7. The molecule has 25 heavy (non-hydrogen) atoms. The first-order chi connectivity index (χ1) is 11.8. The Morgan fingerprint density at radius 1 is 0.960 bits per heavy atom. The van der Waals surface area contributed by atoms with Crippen LogP contribution in [0.3, 0.4) is 0 Å². The van der Waals surface area contributed by atoms with E-state index >= 15 is 0 Å². The zero-order valence-electron chi connectivity index (χ0n) is 13.8. The average Bonchev–Trinajstić information content (AvgIpc) is 2.59. The first kappa shape index (κ1) is 18.7. The van der Waals surface area contributed by atoms with Crippen molar-refractivity contribution in [2.45, 2.75) is 25.4 Å². The van der Waals surface area contributed by atoms with E-state index in [-0.39, 0.29) is 25.2 Å². The molecule has 0 aliphatic heterocycles. The lowest BCUT2D eigenvalue weighted by atomic mass is 9.96. The first-order valence-electron chi connectivity index (χ1n) is 7.82. The molecule has 0 fully saturated rings. The quantitative estimate of drug-likeness (QED) is 0.757.